The molecule has 2 aromatic carbocycles. The summed E-state index contributed by atoms with van der Waals surface area (Å²) in [5.41, 5.74) is 1.25. The molecule has 1 unspecified atom stereocenters. The Balaban J connectivity index is 1.53. The van der Waals surface area contributed by atoms with Crippen molar-refractivity contribution in [3.63, 3.8) is 0 Å². The van der Waals surface area contributed by atoms with Crippen LogP contribution in [0.4, 0.5) is 14.9 Å². The van der Waals surface area contributed by atoms with Gasteiger partial charge in [-0.05, 0) is 49.2 Å². The van der Waals surface area contributed by atoms with Crippen LogP contribution in [0.15, 0.2) is 53.1 Å². The fraction of sp³-hybridized carbons (Fsp3) is 0.250. The third-order valence-electron chi connectivity index (χ3n) is 4.68. The molecule has 3 aromatic rings. The monoisotopic (exact) mass is 382 g/mol. The van der Waals surface area contributed by atoms with Gasteiger partial charge >= 0.3 is 6.03 Å². The molecule has 1 saturated heterocycles. The molecule has 2 heterocycles. The van der Waals surface area contributed by atoms with E-state index in [0.29, 0.717) is 29.7 Å². The number of amides is 2. The molecule has 2 amide bonds. The Morgan fingerprint density at radius 1 is 1.25 bits per heavy atom. The van der Waals surface area contributed by atoms with E-state index in [-0.39, 0.29) is 17.9 Å². The maximum Gasteiger partial charge on any atom is 0.322 e. The molecule has 0 spiro atoms. The molecular weight excluding hydrogens is 363 g/mol. The summed E-state index contributed by atoms with van der Waals surface area (Å²) in [6.07, 6.45) is 1.55. The van der Waals surface area contributed by atoms with Gasteiger partial charge in [-0.1, -0.05) is 17.3 Å². The van der Waals surface area contributed by atoms with Crippen LogP contribution in [-0.2, 0) is 0 Å². The van der Waals surface area contributed by atoms with Crippen molar-refractivity contribution < 1.29 is 18.4 Å². The number of rotatable bonds is 4. The van der Waals surface area contributed by atoms with Crippen molar-refractivity contribution in [2.24, 2.45) is 0 Å². The van der Waals surface area contributed by atoms with Crippen molar-refractivity contribution in [1.82, 2.24) is 15.0 Å². The van der Waals surface area contributed by atoms with E-state index in [1.54, 1.807) is 12.0 Å². The highest BCUT2D eigenvalue weighted by Gasteiger charge is 2.34. The Morgan fingerprint density at radius 2 is 2.04 bits per heavy atom. The smallest absolute Gasteiger partial charge is 0.322 e. The second-order valence-corrected chi connectivity index (χ2v) is 6.44. The lowest BCUT2D eigenvalue weighted by Gasteiger charge is -2.22. The second-order valence-electron chi connectivity index (χ2n) is 6.44. The van der Waals surface area contributed by atoms with Gasteiger partial charge in [0.25, 0.3) is 0 Å². The van der Waals surface area contributed by atoms with Crippen LogP contribution in [0.2, 0.25) is 0 Å². The third kappa shape index (κ3) is 3.53. The fourth-order valence-electron chi connectivity index (χ4n) is 3.30. The summed E-state index contributed by atoms with van der Waals surface area (Å²) >= 11 is 0. The van der Waals surface area contributed by atoms with E-state index in [0.717, 1.165) is 18.4 Å². The number of aromatic nitrogens is 2. The van der Waals surface area contributed by atoms with Gasteiger partial charge < -0.3 is 19.5 Å². The van der Waals surface area contributed by atoms with Crippen LogP contribution in [0.1, 0.15) is 24.8 Å². The molecule has 1 fully saturated rings. The van der Waals surface area contributed by atoms with Gasteiger partial charge in [-0.15, -0.1) is 0 Å². The van der Waals surface area contributed by atoms with Crippen LogP contribution in [0.25, 0.3) is 11.4 Å². The number of halogens is 1. The number of urea groups is 1. The minimum absolute atomic E-state index is 0.286. The first-order chi connectivity index (χ1) is 13.7. The summed E-state index contributed by atoms with van der Waals surface area (Å²) in [5, 5.41) is 6.84. The molecule has 0 saturated carbocycles. The van der Waals surface area contributed by atoms with Gasteiger partial charge in [-0.2, -0.15) is 4.98 Å². The standard InChI is InChI=1S/C20H19FN4O3/c1-27-17-7-3-2-5-15(17)18-23-19(28-24-18)16-6-4-12-25(16)20(26)22-14-10-8-13(21)9-11-14/h2-3,5,7-11,16H,4,6,12H2,1H3,(H,22,26). The quantitative estimate of drug-likeness (QED) is 0.729. The molecular formula is C20H19FN4O3. The Labute approximate surface area is 161 Å². The molecule has 28 heavy (non-hydrogen) atoms. The molecule has 1 aromatic heterocycles. The van der Waals surface area contributed by atoms with Crippen LogP contribution in [0, 0.1) is 5.82 Å². The Morgan fingerprint density at radius 3 is 2.82 bits per heavy atom. The largest absolute Gasteiger partial charge is 0.496 e. The molecule has 8 heteroatoms. The zero-order chi connectivity index (χ0) is 19.5. The van der Waals surface area contributed by atoms with Crippen molar-refractivity contribution in [2.75, 3.05) is 19.0 Å². The fourth-order valence-corrected chi connectivity index (χ4v) is 3.30. The van der Waals surface area contributed by atoms with E-state index in [9.17, 15) is 9.18 Å². The molecule has 1 atom stereocenters. The van der Waals surface area contributed by atoms with Gasteiger partial charge in [0, 0.05) is 12.2 Å². The number of likely N-dealkylation sites (tertiary alicyclic amines) is 1. The first kappa shape index (κ1) is 18.0. The Bertz CT molecular complexity index is 974. The number of hydrogen-bond acceptors (Lipinski definition) is 5. The minimum atomic E-state index is -0.355. The molecule has 0 aliphatic carbocycles. The third-order valence-corrected chi connectivity index (χ3v) is 4.68. The topological polar surface area (TPSA) is 80.5 Å². The number of benzene rings is 2. The van der Waals surface area contributed by atoms with Crippen molar-refractivity contribution in [1.29, 1.82) is 0 Å². The summed E-state index contributed by atoms with van der Waals surface area (Å²) in [6, 6.07) is 12.4. The molecule has 0 bridgehead atoms. The van der Waals surface area contributed by atoms with Gasteiger partial charge in [-0.25, -0.2) is 9.18 Å². The van der Waals surface area contributed by atoms with E-state index in [4.69, 9.17) is 9.26 Å². The normalized spacial score (nSPS) is 16.2. The highest BCUT2D eigenvalue weighted by Crippen LogP contribution is 2.34. The van der Waals surface area contributed by atoms with Crippen molar-refractivity contribution >= 4 is 11.7 Å². The first-order valence-corrected chi connectivity index (χ1v) is 8.96. The summed E-state index contributed by atoms with van der Waals surface area (Å²) < 4.78 is 23.9. The van der Waals surface area contributed by atoms with Gasteiger partial charge in [0.2, 0.25) is 11.7 Å². The number of nitrogens with zero attached hydrogens (tertiary/aromatic N) is 3. The molecule has 144 valence electrons. The van der Waals surface area contributed by atoms with Gasteiger partial charge in [0.1, 0.15) is 17.6 Å². The summed E-state index contributed by atoms with van der Waals surface area (Å²) in [6.45, 7) is 0.573. The Kier molecular flexibility index (Phi) is 4.92. The average molecular weight is 382 g/mol. The lowest BCUT2D eigenvalue weighted by atomic mass is 10.2. The van der Waals surface area contributed by atoms with Crippen LogP contribution in [0.3, 0.4) is 0 Å². The highest BCUT2D eigenvalue weighted by molar-refractivity contribution is 5.89. The average Bonchev–Trinajstić information content (AvgIpc) is 3.39. The number of para-hydroxylation sites is 1. The van der Waals surface area contributed by atoms with Crippen LogP contribution in [0.5, 0.6) is 5.75 Å². The zero-order valence-electron chi connectivity index (χ0n) is 15.3. The van der Waals surface area contributed by atoms with Crippen LogP contribution < -0.4 is 10.1 Å². The Hall–Kier alpha value is -3.42. The number of ether oxygens (including phenoxy) is 1. The van der Waals surface area contributed by atoms with Gasteiger partial charge in [-0.3, -0.25) is 0 Å². The summed E-state index contributed by atoms with van der Waals surface area (Å²) in [4.78, 5) is 18.8. The number of carbonyl (C=O) groups excluding carboxylic acids is 1. The summed E-state index contributed by atoms with van der Waals surface area (Å²) in [7, 11) is 1.58. The number of hydrogen-bond donors (Lipinski definition) is 1. The second kappa shape index (κ2) is 7.67. The SMILES string of the molecule is COc1ccccc1-c1noc(C2CCCN2C(=O)Nc2ccc(F)cc2)n1. The number of carbonyl (C=O) groups is 1. The highest BCUT2D eigenvalue weighted by atomic mass is 19.1. The van der Waals surface area contributed by atoms with Gasteiger partial charge in [0.05, 0.1) is 12.7 Å². The zero-order valence-corrected chi connectivity index (χ0v) is 15.3. The van der Waals surface area contributed by atoms with E-state index in [2.05, 4.69) is 15.5 Å². The number of methoxy groups -OCH3 is 1. The molecule has 1 N–H and O–H groups in total. The minimum Gasteiger partial charge on any atom is -0.496 e. The van der Waals surface area contributed by atoms with E-state index < -0.39 is 0 Å². The maximum absolute atomic E-state index is 13.0. The predicted octanol–water partition coefficient (Wildman–Crippen LogP) is 4.25. The molecule has 1 aliphatic rings. The van der Waals surface area contributed by atoms with E-state index in [1.807, 2.05) is 24.3 Å². The maximum atomic E-state index is 13.0. The number of nitrogens with one attached hydrogen (secondary N) is 1. The number of anilines is 1. The molecule has 1 aliphatic heterocycles. The lowest BCUT2D eigenvalue weighted by molar-refractivity contribution is 0.193. The molecule has 0 radical (unpaired) electrons. The predicted molar refractivity (Wildman–Crippen MR) is 100 cm³/mol. The van der Waals surface area contributed by atoms with Crippen molar-refractivity contribution in [2.45, 2.75) is 18.9 Å². The van der Waals surface area contributed by atoms with Crippen molar-refractivity contribution in [3.8, 4) is 17.1 Å². The van der Waals surface area contributed by atoms with Crippen LogP contribution in [-0.4, -0.2) is 34.7 Å². The summed E-state index contributed by atoms with van der Waals surface area (Å²) in [5.74, 6) is 1.09. The molecule has 4 rings (SSSR count). The van der Waals surface area contributed by atoms with E-state index in [1.165, 1.54) is 24.3 Å². The van der Waals surface area contributed by atoms with Crippen LogP contribution >= 0.6 is 0 Å². The van der Waals surface area contributed by atoms with Crippen molar-refractivity contribution in [3.05, 3.63) is 60.2 Å². The van der Waals surface area contributed by atoms with E-state index >= 15 is 0 Å². The van der Waals surface area contributed by atoms with Gasteiger partial charge in [0.15, 0.2) is 0 Å². The first-order valence-electron chi connectivity index (χ1n) is 8.96. The lowest BCUT2D eigenvalue weighted by Crippen LogP contribution is -2.34. The molecule has 7 nitrogen and oxygen atoms in total.